The summed E-state index contributed by atoms with van der Waals surface area (Å²) in [5, 5.41) is 13.0. The highest BCUT2D eigenvalue weighted by atomic mass is 32.2. The van der Waals surface area contributed by atoms with E-state index in [2.05, 4.69) is 28.6 Å². The Hall–Kier alpha value is -2.26. The standard InChI is InChI=1S/C19H26N6O2S/c1-4-25-11-9-15(23-25)28(20,27)24-18(26)22-16-12-6-5-7-14(12)21-17-13(16)8-10-19(17,2)3/h9,11H,4-8,10H2,1-3H3,(H3,20,21,22,24,26,27). The van der Waals surface area contributed by atoms with Crippen molar-refractivity contribution in [2.75, 3.05) is 5.32 Å². The summed E-state index contributed by atoms with van der Waals surface area (Å²) >= 11 is 0. The zero-order valence-electron chi connectivity index (χ0n) is 16.5. The van der Waals surface area contributed by atoms with Gasteiger partial charge in [-0.1, -0.05) is 13.8 Å². The van der Waals surface area contributed by atoms with E-state index < -0.39 is 15.9 Å². The first-order valence-electron chi connectivity index (χ1n) is 9.66. The zero-order chi connectivity index (χ0) is 20.1. The van der Waals surface area contributed by atoms with E-state index in [0.29, 0.717) is 6.54 Å². The fourth-order valence-corrected chi connectivity index (χ4v) is 4.97. The molecule has 1 atom stereocenters. The maximum absolute atomic E-state index is 12.8. The molecule has 2 heterocycles. The first kappa shape index (κ1) is 19.1. The van der Waals surface area contributed by atoms with E-state index in [4.69, 9.17) is 10.1 Å². The van der Waals surface area contributed by atoms with Crippen molar-refractivity contribution in [2.45, 2.75) is 69.9 Å². The highest BCUT2D eigenvalue weighted by molar-refractivity contribution is 7.91. The molecule has 0 spiro atoms. The monoisotopic (exact) mass is 402 g/mol. The number of nitrogens with zero attached hydrogens (tertiary/aromatic N) is 4. The van der Waals surface area contributed by atoms with Crippen LogP contribution in [-0.4, -0.2) is 25.0 Å². The summed E-state index contributed by atoms with van der Waals surface area (Å²) in [6.07, 6.45) is 6.33. The van der Waals surface area contributed by atoms with Crippen molar-refractivity contribution in [3.05, 3.63) is 34.8 Å². The average Bonchev–Trinajstić information content (AvgIpc) is 3.34. The van der Waals surface area contributed by atoms with E-state index in [1.54, 1.807) is 10.9 Å². The number of aromatic nitrogens is 3. The molecule has 0 fully saturated rings. The molecule has 4 rings (SSSR count). The van der Waals surface area contributed by atoms with Gasteiger partial charge in [-0.25, -0.2) is 14.1 Å². The topological polar surface area (TPSA) is 115 Å². The molecule has 150 valence electrons. The van der Waals surface area contributed by atoms with E-state index in [0.717, 1.165) is 60.3 Å². The van der Waals surface area contributed by atoms with E-state index in [1.165, 1.54) is 6.07 Å². The third-order valence-electron chi connectivity index (χ3n) is 5.66. The van der Waals surface area contributed by atoms with Crippen molar-refractivity contribution < 1.29 is 9.00 Å². The summed E-state index contributed by atoms with van der Waals surface area (Å²) in [6, 6.07) is 0.832. The van der Waals surface area contributed by atoms with Gasteiger partial charge in [0, 0.05) is 23.9 Å². The quantitative estimate of drug-likeness (QED) is 0.821. The lowest BCUT2D eigenvalue weighted by molar-refractivity contribution is 0.260. The van der Waals surface area contributed by atoms with Crippen molar-refractivity contribution >= 4 is 21.6 Å². The third kappa shape index (κ3) is 3.22. The van der Waals surface area contributed by atoms with Crippen LogP contribution < -0.4 is 10.5 Å². The SMILES string of the molecule is CCn1ccc(S(N)(=O)=NC(=O)Nc2c3c(nc4c2CCC4(C)C)CCC3)n1. The molecule has 3 N–H and O–H groups in total. The molecular formula is C19H26N6O2S. The lowest BCUT2D eigenvalue weighted by Gasteiger charge is -2.20. The maximum atomic E-state index is 12.8. The molecule has 0 aliphatic heterocycles. The lowest BCUT2D eigenvalue weighted by atomic mass is 9.90. The number of carbonyl (C=O) groups excluding carboxylic acids is 1. The van der Waals surface area contributed by atoms with E-state index in [1.807, 2.05) is 6.92 Å². The van der Waals surface area contributed by atoms with Crippen LogP contribution in [0.15, 0.2) is 21.7 Å². The minimum absolute atomic E-state index is 0.0159. The second-order valence-electron chi connectivity index (χ2n) is 8.08. The van der Waals surface area contributed by atoms with Crippen LogP contribution in [0.3, 0.4) is 0 Å². The number of hydrogen-bond acceptors (Lipinski definition) is 4. The number of hydrogen-bond donors (Lipinski definition) is 2. The summed E-state index contributed by atoms with van der Waals surface area (Å²) in [5.41, 5.74) is 5.05. The fraction of sp³-hybridized carbons (Fsp3) is 0.526. The van der Waals surface area contributed by atoms with Gasteiger partial charge in [0.15, 0.2) is 14.9 Å². The van der Waals surface area contributed by atoms with Crippen molar-refractivity contribution in [3.8, 4) is 0 Å². The Morgan fingerprint density at radius 3 is 2.86 bits per heavy atom. The van der Waals surface area contributed by atoms with Gasteiger partial charge in [-0.05, 0) is 56.2 Å². The third-order valence-corrected chi connectivity index (χ3v) is 6.91. The molecule has 0 saturated heterocycles. The van der Waals surface area contributed by atoms with Gasteiger partial charge in [0.2, 0.25) is 0 Å². The van der Waals surface area contributed by atoms with Crippen LogP contribution in [0.5, 0.6) is 0 Å². The highest BCUT2D eigenvalue weighted by Gasteiger charge is 2.36. The van der Waals surface area contributed by atoms with E-state index >= 15 is 0 Å². The molecule has 0 bridgehead atoms. The van der Waals surface area contributed by atoms with Crippen LogP contribution in [0.2, 0.25) is 0 Å². The molecule has 2 amide bonds. The van der Waals surface area contributed by atoms with Crippen LogP contribution in [-0.2, 0) is 41.1 Å². The van der Waals surface area contributed by atoms with Gasteiger partial charge in [-0.2, -0.15) is 5.10 Å². The molecule has 8 nitrogen and oxygen atoms in total. The summed E-state index contributed by atoms with van der Waals surface area (Å²) in [4.78, 5) is 17.6. The molecule has 1 unspecified atom stereocenters. The highest BCUT2D eigenvalue weighted by Crippen LogP contribution is 2.44. The average molecular weight is 403 g/mol. The Morgan fingerprint density at radius 2 is 2.14 bits per heavy atom. The second kappa shape index (κ2) is 6.66. The number of carbonyl (C=O) groups is 1. The molecule has 0 saturated carbocycles. The number of urea groups is 1. The first-order valence-corrected chi connectivity index (χ1v) is 11.2. The first-order chi connectivity index (χ1) is 13.2. The molecule has 2 aromatic rings. The van der Waals surface area contributed by atoms with Crippen molar-refractivity contribution in [1.82, 2.24) is 14.8 Å². The lowest BCUT2D eigenvalue weighted by Crippen LogP contribution is -2.20. The van der Waals surface area contributed by atoms with Crippen LogP contribution >= 0.6 is 0 Å². The maximum Gasteiger partial charge on any atom is 0.354 e. The Kier molecular flexibility index (Phi) is 4.54. The molecular weight excluding hydrogens is 376 g/mol. The summed E-state index contributed by atoms with van der Waals surface area (Å²) < 4.78 is 18.1. The Balaban J connectivity index is 1.70. The Bertz CT molecular complexity index is 1080. The van der Waals surface area contributed by atoms with Crippen molar-refractivity contribution in [2.24, 2.45) is 9.50 Å². The van der Waals surface area contributed by atoms with Gasteiger partial charge in [0.25, 0.3) is 0 Å². The summed E-state index contributed by atoms with van der Waals surface area (Å²) in [6.45, 7) is 6.89. The van der Waals surface area contributed by atoms with Crippen LogP contribution in [0, 0.1) is 0 Å². The minimum Gasteiger partial charge on any atom is -0.305 e. The Morgan fingerprint density at radius 1 is 1.36 bits per heavy atom. The molecule has 2 aliphatic carbocycles. The van der Waals surface area contributed by atoms with Crippen LogP contribution in [0.1, 0.15) is 56.1 Å². The van der Waals surface area contributed by atoms with E-state index in [9.17, 15) is 9.00 Å². The number of rotatable bonds is 3. The number of amides is 2. The van der Waals surface area contributed by atoms with Gasteiger partial charge >= 0.3 is 6.03 Å². The van der Waals surface area contributed by atoms with Gasteiger partial charge in [-0.3, -0.25) is 9.67 Å². The van der Waals surface area contributed by atoms with Crippen LogP contribution in [0.25, 0.3) is 0 Å². The number of fused-ring (bicyclic) bond motifs is 2. The number of pyridine rings is 1. The molecule has 9 heteroatoms. The van der Waals surface area contributed by atoms with E-state index in [-0.39, 0.29) is 10.4 Å². The normalized spacial score (nSPS) is 19.0. The van der Waals surface area contributed by atoms with Crippen molar-refractivity contribution in [1.29, 1.82) is 0 Å². The number of aryl methyl sites for hydroxylation is 2. The number of nitrogens with two attached hydrogens (primary N) is 1. The van der Waals surface area contributed by atoms with Crippen LogP contribution in [0.4, 0.5) is 10.5 Å². The second-order valence-corrected chi connectivity index (χ2v) is 9.81. The van der Waals surface area contributed by atoms with Crippen molar-refractivity contribution in [3.63, 3.8) is 0 Å². The van der Waals surface area contributed by atoms with Gasteiger partial charge in [-0.15, -0.1) is 4.36 Å². The summed E-state index contributed by atoms with van der Waals surface area (Å²) in [7, 11) is -3.40. The molecule has 28 heavy (non-hydrogen) atoms. The number of anilines is 1. The zero-order valence-corrected chi connectivity index (χ0v) is 17.3. The number of nitrogens with one attached hydrogen (secondary N) is 1. The largest absolute Gasteiger partial charge is 0.354 e. The molecule has 0 aromatic carbocycles. The van der Waals surface area contributed by atoms with Gasteiger partial charge in [0.1, 0.15) is 0 Å². The molecule has 2 aromatic heterocycles. The smallest absolute Gasteiger partial charge is 0.305 e. The van der Waals surface area contributed by atoms with Gasteiger partial charge in [0.05, 0.1) is 11.4 Å². The fourth-order valence-electron chi connectivity index (χ4n) is 4.11. The Labute approximate surface area is 165 Å². The predicted octanol–water partition coefficient (Wildman–Crippen LogP) is 2.94. The minimum atomic E-state index is -3.40. The predicted molar refractivity (Wildman–Crippen MR) is 108 cm³/mol. The molecule has 0 radical (unpaired) electrons. The summed E-state index contributed by atoms with van der Waals surface area (Å²) in [5.74, 6) is 0. The van der Waals surface area contributed by atoms with Gasteiger partial charge < -0.3 is 5.32 Å². The molecule has 2 aliphatic rings.